The second kappa shape index (κ2) is 18.7. The van der Waals surface area contributed by atoms with Crippen molar-refractivity contribution in [2.45, 2.75) is 138 Å². The average Bonchev–Trinajstić information content (AvgIpc) is 2.85. The first-order valence-corrected chi connectivity index (χ1v) is 15.7. The molecule has 4 heteroatoms. The molecule has 0 spiro atoms. The zero-order valence-corrected chi connectivity index (χ0v) is 26.5. The van der Waals surface area contributed by atoms with Gasteiger partial charge in [-0.2, -0.15) is 0 Å². The van der Waals surface area contributed by atoms with Crippen molar-refractivity contribution < 1.29 is 19.7 Å². The van der Waals surface area contributed by atoms with Gasteiger partial charge in [-0.3, -0.25) is 0 Å². The first-order chi connectivity index (χ1) is 18.0. The highest BCUT2D eigenvalue weighted by molar-refractivity contribution is 5.65. The van der Waals surface area contributed by atoms with Crippen molar-refractivity contribution in [3.63, 3.8) is 0 Å². The van der Waals surface area contributed by atoms with Gasteiger partial charge in [0.2, 0.25) is 11.5 Å². The van der Waals surface area contributed by atoms with E-state index in [0.717, 1.165) is 42.1 Å². The molecule has 2 N–H and O–H groups in total. The first kappa shape index (κ1) is 34.4. The summed E-state index contributed by atoms with van der Waals surface area (Å²) in [5, 5.41) is 21.2. The van der Waals surface area contributed by atoms with Gasteiger partial charge in [0.1, 0.15) is 0 Å². The topological polar surface area (TPSA) is 58.9 Å². The molecular formula is C34H62O4. The molecule has 4 nitrogen and oxygen atoms in total. The molecular weight excluding hydrogens is 472 g/mol. The monoisotopic (exact) mass is 534 g/mol. The van der Waals surface area contributed by atoms with Crippen LogP contribution in [-0.4, -0.2) is 24.4 Å². The van der Waals surface area contributed by atoms with Gasteiger partial charge in [0.05, 0.1) is 14.2 Å². The van der Waals surface area contributed by atoms with Crippen LogP contribution in [-0.2, 0) is 6.42 Å². The van der Waals surface area contributed by atoms with Gasteiger partial charge < -0.3 is 19.7 Å². The van der Waals surface area contributed by atoms with Crippen LogP contribution in [0.4, 0.5) is 0 Å². The molecule has 1 rings (SSSR count). The van der Waals surface area contributed by atoms with E-state index in [9.17, 15) is 10.2 Å². The summed E-state index contributed by atoms with van der Waals surface area (Å²) in [7, 11) is 2.95. The SMILES string of the molecule is COc1c(O)c(C)c(CC[C@@H](C)CCC[C@H](C)CCC[C@@H](C)CCC[C@H](C)CCCC(C)C)c(O)c1OC. The highest BCUT2D eigenvalue weighted by Gasteiger charge is 2.23. The van der Waals surface area contributed by atoms with Crippen molar-refractivity contribution in [1.82, 2.24) is 0 Å². The fourth-order valence-corrected chi connectivity index (χ4v) is 5.81. The van der Waals surface area contributed by atoms with E-state index in [1.807, 2.05) is 6.92 Å². The molecule has 0 unspecified atom stereocenters. The van der Waals surface area contributed by atoms with E-state index in [2.05, 4.69) is 41.5 Å². The van der Waals surface area contributed by atoms with E-state index in [1.54, 1.807) is 0 Å². The van der Waals surface area contributed by atoms with Gasteiger partial charge in [-0.15, -0.1) is 0 Å². The van der Waals surface area contributed by atoms with Crippen molar-refractivity contribution in [3.8, 4) is 23.0 Å². The predicted octanol–water partition coefficient (Wildman–Crippen LogP) is 10.2. The maximum absolute atomic E-state index is 10.7. The predicted molar refractivity (Wildman–Crippen MR) is 163 cm³/mol. The Morgan fingerprint density at radius 3 is 1.24 bits per heavy atom. The van der Waals surface area contributed by atoms with Crippen LogP contribution in [0.25, 0.3) is 0 Å². The molecule has 4 atom stereocenters. The lowest BCUT2D eigenvalue weighted by atomic mass is 9.89. The Kier molecular flexibility index (Phi) is 16.9. The van der Waals surface area contributed by atoms with Crippen LogP contribution in [0, 0.1) is 36.5 Å². The number of methoxy groups -OCH3 is 2. The zero-order chi connectivity index (χ0) is 28.7. The van der Waals surface area contributed by atoms with Crippen molar-refractivity contribution in [2.75, 3.05) is 14.2 Å². The van der Waals surface area contributed by atoms with Crippen LogP contribution < -0.4 is 9.47 Å². The fraction of sp³-hybridized carbons (Fsp3) is 0.824. The molecule has 0 aromatic heterocycles. The Morgan fingerprint density at radius 2 is 0.868 bits per heavy atom. The third kappa shape index (κ3) is 12.5. The van der Waals surface area contributed by atoms with Gasteiger partial charge in [0, 0.05) is 11.1 Å². The number of benzene rings is 1. The van der Waals surface area contributed by atoms with Gasteiger partial charge in [-0.25, -0.2) is 0 Å². The molecule has 0 aliphatic rings. The van der Waals surface area contributed by atoms with Crippen LogP contribution in [0.2, 0.25) is 0 Å². The third-order valence-electron chi connectivity index (χ3n) is 8.69. The van der Waals surface area contributed by atoms with Crippen molar-refractivity contribution >= 4 is 0 Å². The molecule has 0 fully saturated rings. The Morgan fingerprint density at radius 1 is 0.526 bits per heavy atom. The van der Waals surface area contributed by atoms with E-state index >= 15 is 0 Å². The van der Waals surface area contributed by atoms with Gasteiger partial charge >= 0.3 is 0 Å². The molecule has 0 radical (unpaired) electrons. The van der Waals surface area contributed by atoms with E-state index in [-0.39, 0.29) is 23.0 Å². The number of ether oxygens (including phenoxy) is 2. The molecule has 0 amide bonds. The smallest absolute Gasteiger partial charge is 0.207 e. The average molecular weight is 535 g/mol. The minimum absolute atomic E-state index is 0.0552. The highest BCUT2D eigenvalue weighted by Crippen LogP contribution is 2.48. The van der Waals surface area contributed by atoms with Crippen LogP contribution in [0.1, 0.15) is 136 Å². The van der Waals surface area contributed by atoms with Gasteiger partial charge in [0.25, 0.3) is 0 Å². The Labute approximate surface area is 235 Å². The third-order valence-corrected chi connectivity index (χ3v) is 8.69. The van der Waals surface area contributed by atoms with Crippen molar-refractivity contribution in [3.05, 3.63) is 11.1 Å². The van der Waals surface area contributed by atoms with Crippen molar-refractivity contribution in [1.29, 1.82) is 0 Å². The zero-order valence-electron chi connectivity index (χ0n) is 26.5. The number of phenolic OH excluding ortho intramolecular Hbond substituents is 2. The largest absolute Gasteiger partial charge is 0.504 e. The minimum Gasteiger partial charge on any atom is -0.504 e. The fourth-order valence-electron chi connectivity index (χ4n) is 5.81. The Balaban J connectivity index is 2.24. The summed E-state index contributed by atoms with van der Waals surface area (Å²) in [5.74, 6) is 4.53. The van der Waals surface area contributed by atoms with Gasteiger partial charge in [-0.1, -0.05) is 119 Å². The van der Waals surface area contributed by atoms with Gasteiger partial charge in [-0.05, 0) is 49.4 Å². The molecule has 0 saturated heterocycles. The second-order valence-electron chi connectivity index (χ2n) is 12.9. The molecule has 1 aromatic rings. The van der Waals surface area contributed by atoms with Crippen LogP contribution >= 0.6 is 0 Å². The normalized spacial score (nSPS) is 14.9. The number of hydrogen-bond acceptors (Lipinski definition) is 4. The number of hydrogen-bond donors (Lipinski definition) is 2. The Hall–Kier alpha value is -1.58. The number of rotatable bonds is 21. The first-order valence-electron chi connectivity index (χ1n) is 15.7. The number of aromatic hydroxyl groups is 2. The van der Waals surface area contributed by atoms with Crippen LogP contribution in [0.15, 0.2) is 0 Å². The van der Waals surface area contributed by atoms with Gasteiger partial charge in [0.15, 0.2) is 11.5 Å². The standard InChI is InChI=1S/C34H62O4/c1-24(2)14-10-15-25(3)16-11-17-26(4)18-12-19-27(5)20-13-21-28(6)22-23-30-29(7)31(35)33(37-8)34(38-9)32(30)36/h24-28,35-36H,10-23H2,1-9H3/t25-,26+,27-,28+/m1/s1. The second-order valence-corrected chi connectivity index (χ2v) is 12.9. The van der Waals surface area contributed by atoms with Crippen molar-refractivity contribution in [2.24, 2.45) is 29.6 Å². The van der Waals surface area contributed by atoms with E-state index in [0.29, 0.717) is 11.5 Å². The van der Waals surface area contributed by atoms with E-state index < -0.39 is 0 Å². The molecule has 0 heterocycles. The summed E-state index contributed by atoms with van der Waals surface area (Å²) in [6, 6.07) is 0. The van der Waals surface area contributed by atoms with E-state index in [1.165, 1.54) is 91.3 Å². The summed E-state index contributed by atoms with van der Waals surface area (Å²) in [5.41, 5.74) is 1.43. The summed E-state index contributed by atoms with van der Waals surface area (Å²) in [4.78, 5) is 0. The molecule has 1 aromatic carbocycles. The lowest BCUT2D eigenvalue weighted by Gasteiger charge is -2.19. The summed E-state index contributed by atoms with van der Waals surface area (Å²) < 4.78 is 10.5. The molecule has 38 heavy (non-hydrogen) atoms. The molecule has 0 bridgehead atoms. The lowest BCUT2D eigenvalue weighted by molar-refractivity contribution is 0.313. The molecule has 0 aliphatic heterocycles. The quantitative estimate of drug-likeness (QED) is 0.154. The summed E-state index contributed by atoms with van der Waals surface area (Å²) in [6.07, 6.45) is 17.9. The molecule has 0 aliphatic carbocycles. The number of phenols is 2. The lowest BCUT2D eigenvalue weighted by Crippen LogP contribution is -2.04. The minimum atomic E-state index is 0.0552. The summed E-state index contributed by atoms with van der Waals surface area (Å²) >= 11 is 0. The highest BCUT2D eigenvalue weighted by atomic mass is 16.5. The maximum atomic E-state index is 10.7. The Bertz CT molecular complexity index is 772. The van der Waals surface area contributed by atoms with Crippen LogP contribution in [0.5, 0.6) is 23.0 Å². The summed E-state index contributed by atoms with van der Waals surface area (Å²) in [6.45, 7) is 16.1. The van der Waals surface area contributed by atoms with E-state index in [4.69, 9.17) is 9.47 Å². The van der Waals surface area contributed by atoms with Crippen LogP contribution in [0.3, 0.4) is 0 Å². The molecule has 222 valence electrons. The maximum Gasteiger partial charge on any atom is 0.207 e. The molecule has 0 saturated carbocycles.